The summed E-state index contributed by atoms with van der Waals surface area (Å²) in [4.78, 5) is 34.2. The Morgan fingerprint density at radius 2 is 0.841 bits per heavy atom. The van der Waals surface area contributed by atoms with Crippen LogP contribution in [0.5, 0.6) is 0 Å². The van der Waals surface area contributed by atoms with Gasteiger partial charge in [0.2, 0.25) is 0 Å². The second-order valence-electron chi connectivity index (χ2n) is 10.9. The summed E-state index contributed by atoms with van der Waals surface area (Å²) in [5.74, 6) is -0.974. The normalized spacial score (nSPS) is 15.1. The Labute approximate surface area is 259 Å². The van der Waals surface area contributed by atoms with Crippen LogP contribution in [0.4, 0.5) is 8.78 Å². The van der Waals surface area contributed by atoms with Crippen molar-refractivity contribution in [2.45, 2.75) is 0 Å². The third-order valence-electron chi connectivity index (χ3n) is 8.28. The molecule has 0 unspecified atom stereocenters. The lowest BCUT2D eigenvalue weighted by Crippen LogP contribution is -2.24. The number of hydrogen-bond acceptors (Lipinski definition) is 4. The lowest BCUT2D eigenvalue weighted by Gasteiger charge is -2.18. The number of rotatable bonds is 4. The zero-order valence-electron chi connectivity index (χ0n) is 23.5. The van der Waals surface area contributed by atoms with E-state index in [1.165, 1.54) is 46.9 Å². The Morgan fingerprint density at radius 1 is 0.477 bits per heavy atom. The molecule has 214 valence electrons. The fourth-order valence-electron chi connectivity index (χ4n) is 6.08. The number of carbonyl (C=O) groups excluding carboxylic acids is 2. The average molecular weight is 617 g/mol. The van der Waals surface area contributed by atoms with Crippen molar-refractivity contribution in [2.24, 2.45) is 0 Å². The highest BCUT2D eigenvalue weighted by Gasteiger charge is 2.47. The summed E-state index contributed by atoms with van der Waals surface area (Å²) in [5.41, 5.74) is 4.01. The third-order valence-corrected chi connectivity index (χ3v) is 10.6. The summed E-state index contributed by atoms with van der Waals surface area (Å²) >= 11 is 3.03. The molecule has 0 N–H and O–H groups in total. The molecule has 0 atom stereocenters. The molecular formula is C36H22F2N2O2S2. The Morgan fingerprint density at radius 3 is 1.27 bits per heavy atom. The minimum absolute atomic E-state index is 0.215. The van der Waals surface area contributed by atoms with Crippen molar-refractivity contribution in [1.29, 1.82) is 0 Å². The van der Waals surface area contributed by atoms with Crippen LogP contribution in [0, 0.1) is 11.6 Å². The van der Waals surface area contributed by atoms with Crippen LogP contribution >= 0.6 is 22.7 Å². The van der Waals surface area contributed by atoms with Crippen LogP contribution in [-0.4, -0.2) is 35.7 Å². The van der Waals surface area contributed by atoms with Crippen molar-refractivity contribution in [3.05, 3.63) is 130 Å². The smallest absolute Gasteiger partial charge is 0.261 e. The summed E-state index contributed by atoms with van der Waals surface area (Å²) in [6.45, 7) is 0. The van der Waals surface area contributed by atoms with Crippen LogP contribution in [0.3, 0.4) is 0 Å². The minimum Gasteiger partial charge on any atom is -0.309 e. The van der Waals surface area contributed by atoms with Crippen molar-refractivity contribution in [3.8, 4) is 20.9 Å². The first-order valence-electron chi connectivity index (χ1n) is 13.9. The van der Waals surface area contributed by atoms with E-state index in [-0.39, 0.29) is 23.4 Å². The highest BCUT2D eigenvalue weighted by atomic mass is 32.1. The van der Waals surface area contributed by atoms with E-state index in [0.29, 0.717) is 22.5 Å². The van der Waals surface area contributed by atoms with Gasteiger partial charge in [0.1, 0.15) is 11.6 Å². The third kappa shape index (κ3) is 4.06. The Bertz CT molecular complexity index is 2130. The summed E-state index contributed by atoms with van der Waals surface area (Å²) in [5, 5.41) is 3.52. The van der Waals surface area contributed by atoms with Gasteiger partial charge in [-0.15, -0.1) is 22.7 Å². The van der Waals surface area contributed by atoms with Crippen LogP contribution < -0.4 is 0 Å². The van der Waals surface area contributed by atoms with Crippen LogP contribution in [0.1, 0.15) is 9.75 Å². The van der Waals surface area contributed by atoms with Gasteiger partial charge in [0.25, 0.3) is 11.8 Å². The molecule has 44 heavy (non-hydrogen) atoms. The molecule has 0 saturated heterocycles. The number of hydrogen-bond donors (Lipinski definition) is 0. The number of nitrogens with zero attached hydrogens (tertiary/aromatic N) is 2. The molecule has 2 aliphatic rings. The van der Waals surface area contributed by atoms with Crippen LogP contribution in [0.15, 0.2) is 108 Å². The van der Waals surface area contributed by atoms with Gasteiger partial charge in [0, 0.05) is 23.8 Å². The largest absolute Gasteiger partial charge is 0.309 e. The monoisotopic (exact) mass is 616 g/mol. The number of thiophene rings is 2. The summed E-state index contributed by atoms with van der Waals surface area (Å²) in [6.07, 6.45) is 0. The molecule has 0 aliphatic carbocycles. The van der Waals surface area contributed by atoms with Gasteiger partial charge in [-0.1, -0.05) is 36.4 Å². The average Bonchev–Trinajstić information content (AvgIpc) is 3.80. The fraction of sp³-hybridized carbons (Fsp3) is 0.0556. The SMILES string of the molecule is CN1C(=O)C2=C(c3ccc(-c4ccc5cc(F)ccc5c4)s3)N(C)C(=O)C2=C1c1ccc(-c2ccc3cc(F)ccc3c2)s1. The second kappa shape index (κ2) is 9.80. The number of fused-ring (bicyclic) bond motifs is 3. The van der Waals surface area contributed by atoms with E-state index < -0.39 is 0 Å². The van der Waals surface area contributed by atoms with E-state index in [0.717, 1.165) is 52.2 Å². The van der Waals surface area contributed by atoms with Gasteiger partial charge in [-0.3, -0.25) is 9.59 Å². The molecule has 2 amide bonds. The molecule has 0 spiro atoms. The van der Waals surface area contributed by atoms with Crippen molar-refractivity contribution in [1.82, 2.24) is 9.80 Å². The first kappa shape index (κ1) is 26.7. The highest BCUT2D eigenvalue weighted by molar-refractivity contribution is 7.17. The maximum atomic E-state index is 13.7. The molecule has 0 radical (unpaired) electrons. The van der Waals surface area contributed by atoms with Gasteiger partial charge in [0.05, 0.1) is 32.3 Å². The van der Waals surface area contributed by atoms with Gasteiger partial charge >= 0.3 is 0 Å². The van der Waals surface area contributed by atoms with E-state index in [9.17, 15) is 18.4 Å². The lowest BCUT2D eigenvalue weighted by molar-refractivity contribution is -0.123. The quantitative estimate of drug-likeness (QED) is 0.199. The maximum absolute atomic E-state index is 13.7. The molecule has 8 heteroatoms. The first-order chi connectivity index (χ1) is 21.3. The Hall–Kier alpha value is -4.92. The molecule has 0 saturated carbocycles. The molecule has 6 aromatic rings. The summed E-state index contributed by atoms with van der Waals surface area (Å²) in [7, 11) is 3.42. The summed E-state index contributed by atoms with van der Waals surface area (Å²) < 4.78 is 27.3. The topological polar surface area (TPSA) is 40.6 Å². The van der Waals surface area contributed by atoms with E-state index in [1.54, 1.807) is 36.0 Å². The second-order valence-corrected chi connectivity index (χ2v) is 13.1. The first-order valence-corrected chi connectivity index (χ1v) is 15.5. The predicted molar refractivity (Wildman–Crippen MR) is 174 cm³/mol. The number of halogens is 2. The van der Waals surface area contributed by atoms with Crippen molar-refractivity contribution >= 4 is 67.4 Å². The van der Waals surface area contributed by atoms with Crippen LogP contribution in [0.25, 0.3) is 53.8 Å². The van der Waals surface area contributed by atoms with Gasteiger partial charge in [-0.2, -0.15) is 0 Å². The zero-order valence-corrected chi connectivity index (χ0v) is 25.2. The predicted octanol–water partition coefficient (Wildman–Crippen LogP) is 8.79. The molecule has 4 heterocycles. The van der Waals surface area contributed by atoms with Crippen molar-refractivity contribution < 1.29 is 18.4 Å². The van der Waals surface area contributed by atoms with E-state index in [4.69, 9.17) is 0 Å². The molecule has 4 aromatic carbocycles. The molecule has 4 nitrogen and oxygen atoms in total. The van der Waals surface area contributed by atoms with Crippen molar-refractivity contribution in [2.75, 3.05) is 14.1 Å². The van der Waals surface area contributed by atoms with E-state index >= 15 is 0 Å². The maximum Gasteiger partial charge on any atom is 0.261 e. The van der Waals surface area contributed by atoms with E-state index in [2.05, 4.69) is 0 Å². The number of benzene rings is 4. The fourth-order valence-corrected chi connectivity index (χ4v) is 8.26. The Balaban J connectivity index is 1.19. The number of carbonyl (C=O) groups is 2. The Kier molecular flexibility index (Phi) is 5.95. The zero-order chi connectivity index (χ0) is 30.3. The van der Waals surface area contributed by atoms with E-state index in [1.807, 2.05) is 60.7 Å². The summed E-state index contributed by atoms with van der Waals surface area (Å²) in [6, 6.07) is 29.1. The van der Waals surface area contributed by atoms with Gasteiger partial charge in [-0.25, -0.2) is 8.78 Å². The minimum atomic E-state index is -0.272. The molecule has 2 aliphatic heterocycles. The molecular weight excluding hydrogens is 595 g/mol. The number of likely N-dealkylation sites (N-methyl/N-ethyl adjacent to an activating group) is 2. The number of amides is 2. The van der Waals surface area contributed by atoms with Crippen LogP contribution in [-0.2, 0) is 9.59 Å². The molecule has 0 fully saturated rings. The lowest BCUT2D eigenvalue weighted by atomic mass is 10.1. The molecule has 0 bridgehead atoms. The van der Waals surface area contributed by atoms with Crippen molar-refractivity contribution in [3.63, 3.8) is 0 Å². The molecule has 2 aromatic heterocycles. The van der Waals surface area contributed by atoms with Gasteiger partial charge in [0.15, 0.2) is 0 Å². The van der Waals surface area contributed by atoms with Crippen LogP contribution in [0.2, 0.25) is 0 Å². The highest BCUT2D eigenvalue weighted by Crippen LogP contribution is 2.49. The van der Waals surface area contributed by atoms with Gasteiger partial charge < -0.3 is 9.80 Å². The molecule has 8 rings (SSSR count). The van der Waals surface area contributed by atoms with Gasteiger partial charge in [-0.05, 0) is 93.3 Å². The standard InChI is InChI=1S/C36H22F2N2O2S2/c1-39-33(29-13-11-27(43-29)23-5-3-21-17-25(37)9-7-19(21)15-23)31-32(35(39)41)34(40(2)36(31)42)30-14-12-28(44-30)24-6-4-22-18-26(38)10-8-20(22)16-24/h3-18H,1-2H3.